The third kappa shape index (κ3) is 3.61. The smallest absolute Gasteiger partial charge is 0.325 e. The fourth-order valence-electron chi connectivity index (χ4n) is 1.21. The molecule has 16 heavy (non-hydrogen) atoms. The number of aliphatic carboxylic acids is 1. The molecule has 0 bridgehead atoms. The Hall–Kier alpha value is -2.04. The maximum atomic E-state index is 11.4. The number of hydrogen-bond acceptors (Lipinski definition) is 3. The molecule has 0 fully saturated rings. The topological polar surface area (TPSA) is 86.6 Å². The molecule has 1 amide bonds. The van der Waals surface area contributed by atoms with E-state index in [-0.39, 0.29) is 18.1 Å². The van der Waals surface area contributed by atoms with Gasteiger partial charge in [-0.15, -0.1) is 0 Å². The van der Waals surface area contributed by atoms with E-state index in [0.29, 0.717) is 5.56 Å². The van der Waals surface area contributed by atoms with Crippen LogP contribution >= 0.6 is 0 Å². The quantitative estimate of drug-likeness (QED) is 0.694. The Balaban J connectivity index is 2.55. The summed E-state index contributed by atoms with van der Waals surface area (Å²) < 4.78 is 0. The van der Waals surface area contributed by atoms with Crippen LogP contribution in [0.25, 0.3) is 0 Å². The zero-order valence-electron chi connectivity index (χ0n) is 8.80. The summed E-state index contributed by atoms with van der Waals surface area (Å²) in [5.41, 5.74) is 0.634. The minimum absolute atomic E-state index is 0.0476. The van der Waals surface area contributed by atoms with Gasteiger partial charge in [0.15, 0.2) is 0 Å². The van der Waals surface area contributed by atoms with Gasteiger partial charge in [-0.3, -0.25) is 9.59 Å². The Morgan fingerprint density at radius 2 is 2.12 bits per heavy atom. The molecule has 0 unspecified atom stereocenters. The van der Waals surface area contributed by atoms with E-state index in [9.17, 15) is 14.7 Å². The molecule has 0 spiro atoms. The van der Waals surface area contributed by atoms with Crippen molar-refractivity contribution in [2.24, 2.45) is 0 Å². The van der Waals surface area contributed by atoms with Gasteiger partial charge in [0.2, 0.25) is 5.91 Å². The van der Waals surface area contributed by atoms with Crippen molar-refractivity contribution in [2.45, 2.75) is 19.4 Å². The first-order valence-electron chi connectivity index (χ1n) is 4.79. The van der Waals surface area contributed by atoms with Crippen molar-refractivity contribution >= 4 is 11.9 Å². The van der Waals surface area contributed by atoms with E-state index in [1.807, 2.05) is 0 Å². The van der Waals surface area contributed by atoms with E-state index in [0.717, 1.165) is 0 Å². The molecule has 1 rings (SSSR count). The van der Waals surface area contributed by atoms with Crippen molar-refractivity contribution in [3.8, 4) is 5.75 Å². The van der Waals surface area contributed by atoms with Crippen LogP contribution < -0.4 is 5.32 Å². The van der Waals surface area contributed by atoms with E-state index < -0.39 is 12.0 Å². The summed E-state index contributed by atoms with van der Waals surface area (Å²) in [5, 5.41) is 20.1. The lowest BCUT2D eigenvalue weighted by molar-refractivity contribution is -0.141. The maximum Gasteiger partial charge on any atom is 0.325 e. The number of carboxylic acid groups (broad SMARTS) is 1. The van der Waals surface area contributed by atoms with Crippen LogP contribution in [0.3, 0.4) is 0 Å². The summed E-state index contributed by atoms with van der Waals surface area (Å²) >= 11 is 0. The number of carboxylic acids is 1. The number of carbonyl (C=O) groups is 2. The molecular formula is C11H13NO4. The third-order valence-electron chi connectivity index (χ3n) is 2.02. The Morgan fingerprint density at radius 1 is 1.44 bits per heavy atom. The monoisotopic (exact) mass is 223 g/mol. The highest BCUT2D eigenvalue weighted by atomic mass is 16.4. The first-order chi connectivity index (χ1) is 7.49. The number of rotatable bonds is 4. The van der Waals surface area contributed by atoms with Crippen molar-refractivity contribution in [2.75, 3.05) is 0 Å². The van der Waals surface area contributed by atoms with E-state index in [1.54, 1.807) is 12.1 Å². The Bertz CT molecular complexity index is 403. The summed E-state index contributed by atoms with van der Waals surface area (Å²) in [5.74, 6) is -1.39. The van der Waals surface area contributed by atoms with Gasteiger partial charge >= 0.3 is 5.97 Å². The molecule has 5 heteroatoms. The summed E-state index contributed by atoms with van der Waals surface area (Å²) in [4.78, 5) is 21.9. The third-order valence-corrected chi connectivity index (χ3v) is 2.02. The largest absolute Gasteiger partial charge is 0.508 e. The van der Waals surface area contributed by atoms with Crippen molar-refractivity contribution in [3.05, 3.63) is 29.8 Å². The molecule has 0 saturated heterocycles. The number of hydrogen-bond donors (Lipinski definition) is 3. The summed E-state index contributed by atoms with van der Waals surface area (Å²) in [6.07, 6.45) is 0.0476. The van der Waals surface area contributed by atoms with E-state index >= 15 is 0 Å². The number of phenols is 1. The van der Waals surface area contributed by atoms with Crippen molar-refractivity contribution in [1.29, 1.82) is 0 Å². The second-order valence-corrected chi connectivity index (χ2v) is 3.47. The number of nitrogens with one attached hydrogen (secondary N) is 1. The highest BCUT2D eigenvalue weighted by molar-refractivity contribution is 5.84. The standard InChI is InChI=1S/C11H13NO4/c1-7(11(15)16)12-10(14)6-8-3-2-4-9(13)5-8/h2-5,7,13H,6H2,1H3,(H,12,14)(H,15,16)/t7-/m1/s1. The van der Waals surface area contributed by atoms with Crippen molar-refractivity contribution in [1.82, 2.24) is 5.32 Å². The second kappa shape index (κ2) is 5.16. The molecule has 86 valence electrons. The van der Waals surface area contributed by atoms with Gasteiger partial charge in [-0.05, 0) is 24.6 Å². The van der Waals surface area contributed by atoms with Crippen molar-refractivity contribution < 1.29 is 19.8 Å². The predicted octanol–water partition coefficient (Wildman–Crippen LogP) is 0.524. The van der Waals surface area contributed by atoms with Gasteiger partial charge in [-0.1, -0.05) is 12.1 Å². The van der Waals surface area contributed by atoms with Gasteiger partial charge < -0.3 is 15.5 Å². The molecule has 5 nitrogen and oxygen atoms in total. The highest BCUT2D eigenvalue weighted by Crippen LogP contribution is 2.11. The summed E-state index contributed by atoms with van der Waals surface area (Å²) in [7, 11) is 0. The second-order valence-electron chi connectivity index (χ2n) is 3.47. The van der Waals surface area contributed by atoms with Crippen LogP contribution in [0, 0.1) is 0 Å². The zero-order valence-corrected chi connectivity index (χ0v) is 8.80. The van der Waals surface area contributed by atoms with E-state index in [2.05, 4.69) is 5.32 Å². The Kier molecular flexibility index (Phi) is 3.88. The van der Waals surface area contributed by atoms with Gasteiger partial charge in [0.25, 0.3) is 0 Å². The predicted molar refractivity (Wildman–Crippen MR) is 57.1 cm³/mol. The first kappa shape index (κ1) is 12.0. The minimum Gasteiger partial charge on any atom is -0.508 e. The Morgan fingerprint density at radius 3 is 2.69 bits per heavy atom. The van der Waals surface area contributed by atoms with Gasteiger partial charge in [0.1, 0.15) is 11.8 Å². The van der Waals surface area contributed by atoms with Crippen LogP contribution in [-0.4, -0.2) is 28.1 Å². The van der Waals surface area contributed by atoms with Crippen molar-refractivity contribution in [3.63, 3.8) is 0 Å². The average Bonchev–Trinajstić information content (AvgIpc) is 2.16. The number of phenolic OH excluding ortho intramolecular Hbond substituents is 1. The molecule has 1 atom stereocenters. The van der Waals surface area contributed by atoms with Crippen LogP contribution in [-0.2, 0) is 16.0 Å². The van der Waals surface area contributed by atoms with Crippen LogP contribution in [0.15, 0.2) is 24.3 Å². The maximum absolute atomic E-state index is 11.4. The normalized spacial score (nSPS) is 11.8. The minimum atomic E-state index is -1.08. The van der Waals surface area contributed by atoms with Crippen LogP contribution in [0.5, 0.6) is 5.75 Å². The van der Waals surface area contributed by atoms with Crippen LogP contribution in [0.1, 0.15) is 12.5 Å². The zero-order chi connectivity index (χ0) is 12.1. The number of amides is 1. The van der Waals surface area contributed by atoms with Crippen LogP contribution in [0.4, 0.5) is 0 Å². The molecule has 0 heterocycles. The van der Waals surface area contributed by atoms with Gasteiger partial charge in [-0.25, -0.2) is 0 Å². The number of carbonyl (C=O) groups excluding carboxylic acids is 1. The number of benzene rings is 1. The molecule has 0 radical (unpaired) electrons. The Labute approximate surface area is 92.7 Å². The molecule has 0 aliphatic heterocycles. The van der Waals surface area contributed by atoms with Gasteiger partial charge in [0, 0.05) is 0 Å². The van der Waals surface area contributed by atoms with Gasteiger partial charge in [-0.2, -0.15) is 0 Å². The highest BCUT2D eigenvalue weighted by Gasteiger charge is 2.13. The fraction of sp³-hybridized carbons (Fsp3) is 0.273. The molecule has 1 aromatic rings. The van der Waals surface area contributed by atoms with E-state index in [4.69, 9.17) is 5.11 Å². The summed E-state index contributed by atoms with van der Waals surface area (Å²) in [6, 6.07) is 5.36. The SMILES string of the molecule is C[C@@H](NC(=O)Cc1cccc(O)c1)C(=O)O. The molecule has 0 aromatic heterocycles. The lowest BCUT2D eigenvalue weighted by atomic mass is 10.1. The fourth-order valence-corrected chi connectivity index (χ4v) is 1.21. The van der Waals surface area contributed by atoms with Crippen LogP contribution in [0.2, 0.25) is 0 Å². The molecule has 3 N–H and O–H groups in total. The lowest BCUT2D eigenvalue weighted by Gasteiger charge is -2.09. The molecule has 1 aromatic carbocycles. The van der Waals surface area contributed by atoms with Gasteiger partial charge in [0.05, 0.1) is 6.42 Å². The lowest BCUT2D eigenvalue weighted by Crippen LogP contribution is -2.39. The number of aromatic hydroxyl groups is 1. The molecule has 0 saturated carbocycles. The van der Waals surface area contributed by atoms with E-state index in [1.165, 1.54) is 19.1 Å². The summed E-state index contributed by atoms with van der Waals surface area (Å²) in [6.45, 7) is 1.39. The molecule has 0 aliphatic carbocycles. The molecule has 0 aliphatic rings. The first-order valence-corrected chi connectivity index (χ1v) is 4.79. The molecular weight excluding hydrogens is 210 g/mol. The average molecular weight is 223 g/mol.